The topological polar surface area (TPSA) is 38.4 Å². The lowest BCUT2D eigenvalue weighted by Gasteiger charge is -2.59. The summed E-state index contributed by atoms with van der Waals surface area (Å²) >= 11 is 0. The molecule has 0 saturated heterocycles. The van der Waals surface area contributed by atoms with Gasteiger partial charge in [-0.1, -0.05) is 19.8 Å². The van der Waals surface area contributed by atoms with Crippen molar-refractivity contribution in [1.82, 2.24) is 0 Å². The third-order valence-corrected chi connectivity index (χ3v) is 7.77. The summed E-state index contributed by atoms with van der Waals surface area (Å²) in [6, 6.07) is 0. The summed E-state index contributed by atoms with van der Waals surface area (Å²) in [7, 11) is 0. The molecule has 2 nitrogen and oxygen atoms in total. The maximum Gasteiger partial charge on any atom is 0.0947 e. The van der Waals surface area contributed by atoms with E-state index in [4.69, 9.17) is 10.7 Å². The highest BCUT2D eigenvalue weighted by Gasteiger charge is 2.57. The fraction of sp³-hybridized carbons (Fsp3) is 0.944. The van der Waals surface area contributed by atoms with Crippen LogP contribution in [0.5, 0.6) is 0 Å². The van der Waals surface area contributed by atoms with Gasteiger partial charge in [-0.3, -0.25) is 4.99 Å². The van der Waals surface area contributed by atoms with E-state index in [2.05, 4.69) is 13.8 Å². The molecule has 1 aliphatic heterocycles. The number of nitrogens with zero attached hydrogens (tertiary/aromatic N) is 1. The summed E-state index contributed by atoms with van der Waals surface area (Å²) in [5, 5.41) is 0. The number of nitrogens with two attached hydrogens (primary N) is 1. The Labute approximate surface area is 123 Å². The Balaban J connectivity index is 1.65. The van der Waals surface area contributed by atoms with Crippen molar-refractivity contribution >= 4 is 5.84 Å². The molecule has 20 heavy (non-hydrogen) atoms. The van der Waals surface area contributed by atoms with Crippen LogP contribution in [0.15, 0.2) is 4.99 Å². The largest absolute Gasteiger partial charge is 0.387 e. The van der Waals surface area contributed by atoms with Crippen LogP contribution in [-0.4, -0.2) is 11.4 Å². The Hall–Kier alpha value is -0.530. The van der Waals surface area contributed by atoms with E-state index in [1.165, 1.54) is 51.4 Å². The van der Waals surface area contributed by atoms with Gasteiger partial charge in [-0.25, -0.2) is 0 Å². The molecule has 0 aromatic rings. The van der Waals surface area contributed by atoms with Crippen molar-refractivity contribution in [2.75, 3.05) is 0 Å². The van der Waals surface area contributed by atoms with Gasteiger partial charge in [0.25, 0.3) is 0 Å². The van der Waals surface area contributed by atoms with E-state index in [-0.39, 0.29) is 5.54 Å². The predicted molar refractivity (Wildman–Crippen MR) is 83.6 cm³/mol. The van der Waals surface area contributed by atoms with Crippen LogP contribution in [0.25, 0.3) is 0 Å². The first kappa shape index (κ1) is 13.2. The summed E-state index contributed by atoms with van der Waals surface area (Å²) in [6.45, 7) is 5.01. The van der Waals surface area contributed by atoms with E-state index in [0.717, 1.165) is 35.9 Å². The van der Waals surface area contributed by atoms with Crippen LogP contribution in [0.2, 0.25) is 0 Å². The first-order valence-corrected chi connectivity index (χ1v) is 8.87. The lowest BCUT2D eigenvalue weighted by atomic mass is 9.46. The fourth-order valence-electron chi connectivity index (χ4n) is 6.71. The number of rotatable bonds is 0. The lowest BCUT2D eigenvalue weighted by molar-refractivity contribution is -0.0874. The van der Waals surface area contributed by atoms with Crippen LogP contribution >= 0.6 is 0 Å². The number of aliphatic imine (C=N–C) groups is 1. The Kier molecular flexibility index (Phi) is 2.79. The minimum atomic E-state index is 0.184. The smallest absolute Gasteiger partial charge is 0.0947 e. The Morgan fingerprint density at radius 3 is 2.70 bits per heavy atom. The minimum absolute atomic E-state index is 0.184. The van der Waals surface area contributed by atoms with Gasteiger partial charge in [-0.15, -0.1) is 0 Å². The van der Waals surface area contributed by atoms with Crippen molar-refractivity contribution in [3.8, 4) is 0 Å². The summed E-state index contributed by atoms with van der Waals surface area (Å²) in [5.41, 5.74) is 6.94. The molecule has 0 radical (unpaired) electrons. The highest BCUT2D eigenvalue weighted by atomic mass is 15.0. The van der Waals surface area contributed by atoms with Crippen molar-refractivity contribution in [2.24, 2.45) is 39.8 Å². The van der Waals surface area contributed by atoms with Crippen LogP contribution in [0.4, 0.5) is 0 Å². The second-order valence-corrected chi connectivity index (χ2v) is 8.61. The van der Waals surface area contributed by atoms with Gasteiger partial charge in [0.2, 0.25) is 0 Å². The molecule has 6 atom stereocenters. The van der Waals surface area contributed by atoms with Crippen LogP contribution in [0.3, 0.4) is 0 Å². The average Bonchev–Trinajstić information content (AvgIpc) is 2.72. The second-order valence-electron chi connectivity index (χ2n) is 8.61. The maximum absolute atomic E-state index is 6.12. The zero-order chi connectivity index (χ0) is 14.0. The van der Waals surface area contributed by atoms with Crippen molar-refractivity contribution in [3.05, 3.63) is 0 Å². The molecule has 1 heterocycles. The highest BCUT2D eigenvalue weighted by Crippen LogP contribution is 2.63. The lowest BCUT2D eigenvalue weighted by Crippen LogP contribution is -2.53. The molecule has 4 aliphatic rings. The fourth-order valence-corrected chi connectivity index (χ4v) is 6.71. The number of hydrogen-bond donors (Lipinski definition) is 1. The Bertz CT molecular complexity index is 443. The molecule has 112 valence electrons. The monoisotopic (exact) mass is 274 g/mol. The average molecular weight is 274 g/mol. The molecule has 3 fully saturated rings. The Morgan fingerprint density at radius 2 is 1.85 bits per heavy atom. The zero-order valence-electron chi connectivity index (χ0n) is 13.2. The van der Waals surface area contributed by atoms with E-state index in [1.54, 1.807) is 0 Å². The van der Waals surface area contributed by atoms with Gasteiger partial charge in [-0.05, 0) is 74.5 Å². The molecule has 0 amide bonds. The van der Waals surface area contributed by atoms with Gasteiger partial charge in [0.05, 0.1) is 11.4 Å². The van der Waals surface area contributed by atoms with Crippen LogP contribution in [0.1, 0.15) is 71.6 Å². The maximum atomic E-state index is 6.12. The molecule has 0 bridgehead atoms. The summed E-state index contributed by atoms with van der Waals surface area (Å²) in [5.74, 6) is 4.56. The normalized spacial score (nSPS) is 54.6. The molecule has 0 aromatic carbocycles. The van der Waals surface area contributed by atoms with E-state index >= 15 is 0 Å². The molecule has 3 aliphatic carbocycles. The first-order valence-electron chi connectivity index (χ1n) is 8.87. The summed E-state index contributed by atoms with van der Waals surface area (Å²) < 4.78 is 0. The van der Waals surface area contributed by atoms with E-state index in [9.17, 15) is 0 Å². The highest BCUT2D eigenvalue weighted by molar-refractivity contribution is 5.83. The molecular formula is C18H30N2. The van der Waals surface area contributed by atoms with Crippen molar-refractivity contribution < 1.29 is 0 Å². The standard InChI is InChI=1S/C18H30N2/c1-17-9-4-3-5-12(17)6-7-13-14(17)8-10-18(2)15(13)11-16(19)20-18/h12-15H,3-11H2,1-2H3,(H2,19,20)/t12-,13+,14-,15-,17-,18-/m0/s1. The van der Waals surface area contributed by atoms with Crippen molar-refractivity contribution in [3.63, 3.8) is 0 Å². The van der Waals surface area contributed by atoms with Crippen molar-refractivity contribution in [2.45, 2.75) is 77.2 Å². The van der Waals surface area contributed by atoms with Crippen LogP contribution < -0.4 is 5.73 Å². The first-order chi connectivity index (χ1) is 9.53. The number of hydrogen-bond acceptors (Lipinski definition) is 2. The molecule has 2 N–H and O–H groups in total. The SMILES string of the molecule is C[C@]12CCCC[C@H]1CC[C@@H]1[C@@H]2CC[C@]2(C)N=C(N)C[C@@H]12. The van der Waals surface area contributed by atoms with Crippen LogP contribution in [0, 0.1) is 29.1 Å². The van der Waals surface area contributed by atoms with Gasteiger partial charge in [-0.2, -0.15) is 0 Å². The molecule has 4 rings (SSSR count). The van der Waals surface area contributed by atoms with E-state index in [1.807, 2.05) is 0 Å². The van der Waals surface area contributed by atoms with E-state index < -0.39 is 0 Å². The van der Waals surface area contributed by atoms with Gasteiger partial charge in [0, 0.05) is 6.42 Å². The molecular weight excluding hydrogens is 244 g/mol. The summed E-state index contributed by atoms with van der Waals surface area (Å²) in [6.07, 6.45) is 12.6. The number of fused-ring (bicyclic) bond motifs is 5. The van der Waals surface area contributed by atoms with E-state index in [0.29, 0.717) is 5.41 Å². The van der Waals surface area contributed by atoms with Crippen LogP contribution in [-0.2, 0) is 0 Å². The molecule has 0 spiro atoms. The van der Waals surface area contributed by atoms with Gasteiger partial charge in [0.1, 0.15) is 0 Å². The number of amidine groups is 1. The molecule has 0 unspecified atom stereocenters. The minimum Gasteiger partial charge on any atom is -0.387 e. The quantitative estimate of drug-likeness (QED) is 0.708. The van der Waals surface area contributed by atoms with Gasteiger partial charge in [0.15, 0.2) is 0 Å². The third-order valence-electron chi connectivity index (χ3n) is 7.77. The predicted octanol–water partition coefficient (Wildman–Crippen LogP) is 4.14. The second kappa shape index (κ2) is 4.24. The van der Waals surface area contributed by atoms with Crippen molar-refractivity contribution in [1.29, 1.82) is 0 Å². The van der Waals surface area contributed by atoms with Gasteiger partial charge < -0.3 is 5.73 Å². The summed E-state index contributed by atoms with van der Waals surface area (Å²) in [4.78, 5) is 4.85. The molecule has 2 heteroatoms. The third kappa shape index (κ3) is 1.66. The molecule has 3 saturated carbocycles. The van der Waals surface area contributed by atoms with Gasteiger partial charge >= 0.3 is 0 Å². The zero-order valence-corrected chi connectivity index (χ0v) is 13.2. The Morgan fingerprint density at radius 1 is 1.00 bits per heavy atom. The molecule has 0 aromatic heterocycles.